The van der Waals surface area contributed by atoms with Crippen LogP contribution in [0.25, 0.3) is 27.0 Å². The number of rotatable bonds is 11. The standard InChI is InChI=1S/C46H42N8O5S2/c1-7-30-15-19-37(43-41(30)34(22-47)24-48-43)53-61(57,58)35-16-8-29(9-17-35)23-49-45(56)33-14-18-36(25(2)20-33)31-10-12-32(13-11-31)42-40-26(3)27(4)60-46(40)54-28(5)51-52-44(54)38(50-42)21-39(55)59-6/h8-20,24,38,48,53H,7,21,23H2,1-6H3,(H,49,56)/t38-/m0/s1. The van der Waals surface area contributed by atoms with Gasteiger partial charge in [0, 0.05) is 39.7 Å². The maximum atomic E-state index is 13.4. The summed E-state index contributed by atoms with van der Waals surface area (Å²) in [6.07, 6.45) is 2.30. The third-order valence-corrected chi connectivity index (χ3v) is 13.7. The number of esters is 1. The Morgan fingerprint density at radius 2 is 1.70 bits per heavy atom. The number of nitrogens with one attached hydrogen (secondary N) is 3. The Morgan fingerprint density at radius 3 is 2.39 bits per heavy atom. The lowest BCUT2D eigenvalue weighted by Gasteiger charge is -2.13. The van der Waals surface area contributed by atoms with Crippen LogP contribution in [0.4, 0.5) is 5.69 Å². The van der Waals surface area contributed by atoms with Crippen LogP contribution in [-0.4, -0.2) is 52.9 Å². The van der Waals surface area contributed by atoms with Crippen LogP contribution < -0.4 is 10.0 Å². The minimum atomic E-state index is -3.95. The molecule has 8 rings (SSSR count). The molecule has 0 saturated heterocycles. The number of hydrogen-bond acceptors (Lipinski definition) is 10. The minimum Gasteiger partial charge on any atom is -0.469 e. The number of nitrogens with zero attached hydrogens (tertiary/aromatic N) is 5. The number of aryl methyl sites for hydroxylation is 4. The summed E-state index contributed by atoms with van der Waals surface area (Å²) < 4.78 is 36.4. The molecule has 308 valence electrons. The summed E-state index contributed by atoms with van der Waals surface area (Å²) >= 11 is 1.65. The normalized spacial score (nSPS) is 13.5. The van der Waals surface area contributed by atoms with Crippen molar-refractivity contribution in [3.05, 3.63) is 146 Å². The maximum Gasteiger partial charge on any atom is 0.308 e. The SMILES string of the molecule is CCc1ccc(NS(=O)(=O)c2ccc(CNC(=O)c3ccc(-c4ccc(C5=N[C@@H](CC(=O)OC)c6nnc(C)n6-c6sc(C)c(C)c65)cc4)c(C)c3)cc2)c2[nH]cc(C#N)c12. The first kappa shape index (κ1) is 40.9. The lowest BCUT2D eigenvalue weighted by molar-refractivity contribution is -0.141. The number of anilines is 1. The van der Waals surface area contributed by atoms with Crippen LogP contribution >= 0.6 is 11.3 Å². The second-order valence-electron chi connectivity index (χ2n) is 14.9. The van der Waals surface area contributed by atoms with Crippen molar-refractivity contribution in [3.8, 4) is 22.2 Å². The molecule has 4 heterocycles. The molecule has 61 heavy (non-hydrogen) atoms. The Morgan fingerprint density at radius 1 is 0.967 bits per heavy atom. The summed E-state index contributed by atoms with van der Waals surface area (Å²) in [4.78, 5) is 35.2. The van der Waals surface area contributed by atoms with E-state index in [-0.39, 0.29) is 29.7 Å². The van der Waals surface area contributed by atoms with Crippen LogP contribution in [-0.2, 0) is 32.5 Å². The van der Waals surface area contributed by atoms with Crippen molar-refractivity contribution in [1.29, 1.82) is 5.26 Å². The van der Waals surface area contributed by atoms with Crippen molar-refractivity contribution in [3.63, 3.8) is 0 Å². The predicted molar refractivity (Wildman–Crippen MR) is 236 cm³/mol. The fourth-order valence-electron chi connectivity index (χ4n) is 7.76. The van der Waals surface area contributed by atoms with Gasteiger partial charge in [-0.2, -0.15) is 5.26 Å². The third kappa shape index (κ3) is 7.60. The summed E-state index contributed by atoms with van der Waals surface area (Å²) in [5.41, 5.74) is 10.1. The van der Waals surface area contributed by atoms with Gasteiger partial charge in [0.05, 0.1) is 40.9 Å². The monoisotopic (exact) mass is 850 g/mol. The second-order valence-corrected chi connectivity index (χ2v) is 17.8. The summed E-state index contributed by atoms with van der Waals surface area (Å²) in [5, 5.41) is 22.9. The van der Waals surface area contributed by atoms with Gasteiger partial charge in [-0.15, -0.1) is 21.5 Å². The van der Waals surface area contributed by atoms with Crippen LogP contribution in [0.5, 0.6) is 0 Å². The molecule has 0 aliphatic carbocycles. The highest BCUT2D eigenvalue weighted by Gasteiger charge is 2.32. The number of aromatic amines is 1. The van der Waals surface area contributed by atoms with E-state index in [2.05, 4.69) is 45.1 Å². The van der Waals surface area contributed by atoms with Crippen LogP contribution in [0.3, 0.4) is 0 Å². The number of thiophene rings is 1. The van der Waals surface area contributed by atoms with Crippen LogP contribution in [0.2, 0.25) is 0 Å². The molecule has 13 nitrogen and oxygen atoms in total. The molecule has 1 aliphatic heterocycles. The smallest absolute Gasteiger partial charge is 0.308 e. The van der Waals surface area contributed by atoms with E-state index in [1.54, 1.807) is 41.8 Å². The quantitative estimate of drug-likeness (QED) is 0.109. The average molecular weight is 851 g/mol. The molecule has 1 amide bonds. The third-order valence-electron chi connectivity index (χ3n) is 11.1. The number of aromatic nitrogens is 4. The predicted octanol–water partition coefficient (Wildman–Crippen LogP) is 8.33. The number of sulfonamides is 1. The van der Waals surface area contributed by atoms with Crippen molar-refractivity contribution < 1.29 is 22.7 Å². The van der Waals surface area contributed by atoms with Crippen molar-refractivity contribution in [2.45, 2.75) is 64.9 Å². The van der Waals surface area contributed by atoms with Crippen molar-refractivity contribution in [1.82, 2.24) is 25.1 Å². The molecule has 1 atom stereocenters. The minimum absolute atomic E-state index is 0.0242. The Hall–Kier alpha value is -6.89. The number of aliphatic imine (C=N–C) groups is 1. The number of fused-ring (bicyclic) bond motifs is 4. The number of carbonyl (C=O) groups is 2. The van der Waals surface area contributed by atoms with Crippen molar-refractivity contribution in [2.75, 3.05) is 11.8 Å². The molecular formula is C46H42N8O5S2. The molecule has 4 aromatic carbocycles. The molecule has 0 unspecified atom stereocenters. The summed E-state index contributed by atoms with van der Waals surface area (Å²) in [6, 6.07) is 25.1. The first-order valence-electron chi connectivity index (χ1n) is 19.6. The highest BCUT2D eigenvalue weighted by molar-refractivity contribution is 7.92. The largest absolute Gasteiger partial charge is 0.469 e. The fraction of sp³-hybridized carbons (Fsp3) is 0.217. The average Bonchev–Trinajstić information content (AvgIpc) is 3.93. The zero-order valence-electron chi connectivity index (χ0n) is 34.4. The van der Waals surface area contributed by atoms with Crippen molar-refractivity contribution >= 4 is 55.5 Å². The molecule has 0 radical (unpaired) electrons. The Labute approximate surface area is 357 Å². The number of nitriles is 1. The Kier molecular flexibility index (Phi) is 10.9. The van der Waals surface area contributed by atoms with E-state index in [9.17, 15) is 23.3 Å². The number of benzene rings is 4. The van der Waals surface area contributed by atoms with Gasteiger partial charge in [0.1, 0.15) is 22.9 Å². The topological polar surface area (TPSA) is 184 Å². The van der Waals surface area contributed by atoms with E-state index in [1.807, 2.05) is 67.8 Å². The zero-order valence-corrected chi connectivity index (χ0v) is 36.0. The van der Waals surface area contributed by atoms with E-state index >= 15 is 0 Å². The second kappa shape index (κ2) is 16.3. The lowest BCUT2D eigenvalue weighted by Crippen LogP contribution is -2.23. The molecule has 3 N–H and O–H groups in total. The van der Waals surface area contributed by atoms with E-state index in [0.717, 1.165) is 60.1 Å². The van der Waals surface area contributed by atoms with E-state index < -0.39 is 16.1 Å². The van der Waals surface area contributed by atoms with Gasteiger partial charge in [-0.25, -0.2) is 8.42 Å². The lowest BCUT2D eigenvalue weighted by atomic mass is 9.94. The Bertz CT molecular complexity index is 3060. The van der Waals surface area contributed by atoms with Crippen molar-refractivity contribution in [2.24, 2.45) is 4.99 Å². The van der Waals surface area contributed by atoms with Gasteiger partial charge in [-0.05, 0) is 97.8 Å². The van der Waals surface area contributed by atoms with Crippen LogP contribution in [0.15, 0.2) is 94.9 Å². The van der Waals surface area contributed by atoms with Crippen LogP contribution in [0, 0.1) is 39.0 Å². The number of hydrogen-bond donors (Lipinski definition) is 3. The first-order valence-corrected chi connectivity index (χ1v) is 21.9. The molecule has 1 aliphatic rings. The molecule has 0 fully saturated rings. The highest BCUT2D eigenvalue weighted by Crippen LogP contribution is 2.40. The van der Waals surface area contributed by atoms with Gasteiger partial charge in [0.2, 0.25) is 0 Å². The maximum absolute atomic E-state index is 13.4. The van der Waals surface area contributed by atoms with Gasteiger partial charge in [-0.3, -0.25) is 23.9 Å². The van der Waals surface area contributed by atoms with Gasteiger partial charge >= 0.3 is 5.97 Å². The number of H-pyrrole nitrogens is 1. The molecule has 0 saturated carbocycles. The summed E-state index contributed by atoms with van der Waals surface area (Å²) in [6.45, 7) is 10.2. The van der Waals surface area contributed by atoms with Crippen LogP contribution in [0.1, 0.15) is 85.2 Å². The summed E-state index contributed by atoms with van der Waals surface area (Å²) in [7, 11) is -2.59. The fourth-order valence-corrected chi connectivity index (χ4v) is 10.1. The summed E-state index contributed by atoms with van der Waals surface area (Å²) in [5.74, 6) is 0.663. The van der Waals surface area contributed by atoms with E-state index in [4.69, 9.17) is 9.73 Å². The molecule has 3 aromatic heterocycles. The molecule has 7 aromatic rings. The molecule has 0 bridgehead atoms. The first-order chi connectivity index (χ1) is 29.3. The number of methoxy groups -OCH3 is 1. The van der Waals surface area contributed by atoms with E-state index in [1.165, 1.54) is 19.2 Å². The zero-order chi connectivity index (χ0) is 43.2. The van der Waals surface area contributed by atoms with Gasteiger partial charge < -0.3 is 15.0 Å². The van der Waals surface area contributed by atoms with Gasteiger partial charge in [0.15, 0.2) is 5.82 Å². The highest BCUT2D eigenvalue weighted by atomic mass is 32.2. The molecule has 15 heteroatoms. The van der Waals surface area contributed by atoms with E-state index in [0.29, 0.717) is 45.8 Å². The number of amides is 1. The molecule has 0 spiro atoms. The number of ether oxygens (including phenoxy) is 1. The van der Waals surface area contributed by atoms with Gasteiger partial charge in [-0.1, -0.05) is 55.5 Å². The number of carbonyl (C=O) groups excluding carboxylic acids is 2. The Balaban J connectivity index is 0.961. The molecular weight excluding hydrogens is 809 g/mol. The van der Waals surface area contributed by atoms with Gasteiger partial charge in [0.25, 0.3) is 15.9 Å².